The lowest BCUT2D eigenvalue weighted by molar-refractivity contribution is -0.141. The molecular formula is C15H13F3N4O. The van der Waals surface area contributed by atoms with E-state index in [1.807, 2.05) is 6.07 Å². The van der Waals surface area contributed by atoms with Crippen molar-refractivity contribution in [2.24, 2.45) is 0 Å². The van der Waals surface area contributed by atoms with E-state index in [2.05, 4.69) is 10.4 Å². The molecule has 1 amide bonds. The summed E-state index contributed by atoms with van der Waals surface area (Å²) in [6.45, 7) is 1.43. The highest BCUT2D eigenvalue weighted by atomic mass is 19.4. The molecule has 23 heavy (non-hydrogen) atoms. The predicted octanol–water partition coefficient (Wildman–Crippen LogP) is 2.65. The van der Waals surface area contributed by atoms with E-state index in [9.17, 15) is 18.0 Å². The summed E-state index contributed by atoms with van der Waals surface area (Å²) < 4.78 is 38.2. The van der Waals surface area contributed by atoms with Crippen LogP contribution in [0.5, 0.6) is 0 Å². The number of nitrogens with zero attached hydrogens (tertiary/aromatic N) is 3. The highest BCUT2D eigenvalue weighted by molar-refractivity contribution is 5.76. The Morgan fingerprint density at radius 2 is 2.00 bits per heavy atom. The number of carbonyl (C=O) groups is 1. The molecule has 0 aliphatic rings. The van der Waals surface area contributed by atoms with Crippen molar-refractivity contribution in [2.75, 3.05) is 0 Å². The first-order chi connectivity index (χ1) is 10.8. The van der Waals surface area contributed by atoms with Crippen molar-refractivity contribution in [3.63, 3.8) is 0 Å². The highest BCUT2D eigenvalue weighted by Crippen LogP contribution is 2.27. The van der Waals surface area contributed by atoms with Crippen molar-refractivity contribution in [3.8, 4) is 6.07 Å². The molecule has 0 aliphatic carbocycles. The monoisotopic (exact) mass is 322 g/mol. The second-order valence-electron chi connectivity index (χ2n) is 4.92. The average Bonchev–Trinajstić information content (AvgIpc) is 2.95. The lowest BCUT2D eigenvalue weighted by Gasteiger charge is -2.14. The molecule has 1 unspecified atom stereocenters. The molecule has 0 fully saturated rings. The lowest BCUT2D eigenvalue weighted by Crippen LogP contribution is -2.30. The fourth-order valence-electron chi connectivity index (χ4n) is 1.96. The van der Waals surface area contributed by atoms with Crippen molar-refractivity contribution in [2.45, 2.75) is 25.7 Å². The maximum absolute atomic E-state index is 12.4. The van der Waals surface area contributed by atoms with Crippen molar-refractivity contribution >= 4 is 5.91 Å². The van der Waals surface area contributed by atoms with Gasteiger partial charge in [-0.2, -0.15) is 23.5 Å². The molecule has 5 nitrogen and oxygen atoms in total. The van der Waals surface area contributed by atoms with Crippen LogP contribution in [-0.4, -0.2) is 15.7 Å². The summed E-state index contributed by atoms with van der Waals surface area (Å²) >= 11 is 0. The molecule has 1 aromatic carbocycles. The second-order valence-corrected chi connectivity index (χ2v) is 4.92. The number of amides is 1. The van der Waals surface area contributed by atoms with Gasteiger partial charge in [-0.25, -0.2) is 0 Å². The number of carbonyl (C=O) groups excluding carboxylic acids is 1. The van der Waals surface area contributed by atoms with E-state index in [0.29, 0.717) is 5.56 Å². The van der Waals surface area contributed by atoms with Gasteiger partial charge in [0.05, 0.1) is 17.7 Å². The molecule has 8 heteroatoms. The summed E-state index contributed by atoms with van der Waals surface area (Å²) in [5, 5.41) is 14.7. The number of halogens is 3. The number of hydrogen-bond acceptors (Lipinski definition) is 3. The molecule has 0 radical (unpaired) electrons. The van der Waals surface area contributed by atoms with Crippen LogP contribution in [-0.2, 0) is 17.5 Å². The maximum Gasteiger partial charge on any atom is 0.435 e. The van der Waals surface area contributed by atoms with Gasteiger partial charge < -0.3 is 5.32 Å². The Balaban J connectivity index is 1.96. The number of alkyl halides is 3. The average molecular weight is 322 g/mol. The van der Waals surface area contributed by atoms with Gasteiger partial charge in [0.1, 0.15) is 6.54 Å². The topological polar surface area (TPSA) is 70.7 Å². The SMILES string of the molecule is CC(NC(=O)Cn1ccc(C(F)(F)F)n1)c1ccc(C#N)cc1. The van der Waals surface area contributed by atoms with Crippen LogP contribution in [0.1, 0.15) is 29.8 Å². The van der Waals surface area contributed by atoms with Gasteiger partial charge in [-0.05, 0) is 30.7 Å². The molecule has 1 atom stereocenters. The molecule has 2 aromatic rings. The zero-order valence-electron chi connectivity index (χ0n) is 12.1. The molecule has 2 rings (SSSR count). The van der Waals surface area contributed by atoms with Crippen molar-refractivity contribution in [1.29, 1.82) is 5.26 Å². The zero-order chi connectivity index (χ0) is 17.0. The van der Waals surface area contributed by atoms with Gasteiger partial charge in [0.15, 0.2) is 5.69 Å². The largest absolute Gasteiger partial charge is 0.435 e. The molecular weight excluding hydrogens is 309 g/mol. The maximum atomic E-state index is 12.4. The normalized spacial score (nSPS) is 12.5. The van der Waals surface area contributed by atoms with Crippen LogP contribution in [0.15, 0.2) is 36.5 Å². The number of benzene rings is 1. The van der Waals surface area contributed by atoms with E-state index in [1.165, 1.54) is 0 Å². The van der Waals surface area contributed by atoms with Crippen LogP contribution in [0.4, 0.5) is 13.2 Å². The van der Waals surface area contributed by atoms with Gasteiger partial charge in [0.25, 0.3) is 0 Å². The molecule has 0 bridgehead atoms. The van der Waals surface area contributed by atoms with Gasteiger partial charge in [-0.15, -0.1) is 0 Å². The third-order valence-corrected chi connectivity index (χ3v) is 3.15. The van der Waals surface area contributed by atoms with E-state index in [4.69, 9.17) is 5.26 Å². The number of nitrogens with one attached hydrogen (secondary N) is 1. The summed E-state index contributed by atoms with van der Waals surface area (Å²) in [5.74, 6) is -0.460. The molecule has 120 valence electrons. The molecule has 0 aliphatic heterocycles. The second kappa shape index (κ2) is 6.52. The summed E-state index contributed by atoms with van der Waals surface area (Å²) in [4.78, 5) is 11.9. The van der Waals surface area contributed by atoms with E-state index in [0.717, 1.165) is 22.5 Å². The third kappa shape index (κ3) is 4.32. The minimum absolute atomic E-state index is 0.309. The minimum atomic E-state index is -4.53. The van der Waals surface area contributed by atoms with Crippen LogP contribution in [0.3, 0.4) is 0 Å². The predicted molar refractivity (Wildman–Crippen MR) is 74.9 cm³/mol. The lowest BCUT2D eigenvalue weighted by atomic mass is 10.1. The minimum Gasteiger partial charge on any atom is -0.348 e. The van der Waals surface area contributed by atoms with Gasteiger partial charge in [0, 0.05) is 6.20 Å². The fourth-order valence-corrected chi connectivity index (χ4v) is 1.96. The Morgan fingerprint density at radius 1 is 1.35 bits per heavy atom. The smallest absolute Gasteiger partial charge is 0.348 e. The molecule has 0 spiro atoms. The third-order valence-electron chi connectivity index (χ3n) is 3.15. The molecule has 0 saturated carbocycles. The summed E-state index contributed by atoms with van der Waals surface area (Å²) in [5.41, 5.74) is 0.253. The van der Waals surface area contributed by atoms with Crippen molar-refractivity contribution in [3.05, 3.63) is 53.3 Å². The Bertz CT molecular complexity index is 728. The Hall–Kier alpha value is -2.82. The van der Waals surface area contributed by atoms with E-state index in [1.54, 1.807) is 31.2 Å². The van der Waals surface area contributed by atoms with Gasteiger partial charge in [-0.3, -0.25) is 9.48 Å². The summed E-state index contributed by atoms with van der Waals surface area (Å²) in [6, 6.07) is 9.13. The standard InChI is InChI=1S/C15H13F3N4O/c1-10(12-4-2-11(8-19)3-5-12)20-14(23)9-22-7-6-13(21-22)15(16,17)18/h2-7,10H,9H2,1H3,(H,20,23). The highest BCUT2D eigenvalue weighted by Gasteiger charge is 2.33. The summed E-state index contributed by atoms with van der Waals surface area (Å²) in [6.07, 6.45) is -3.42. The first-order valence-electron chi connectivity index (χ1n) is 6.69. The van der Waals surface area contributed by atoms with E-state index in [-0.39, 0.29) is 12.6 Å². The first kappa shape index (κ1) is 16.5. The van der Waals surface area contributed by atoms with Gasteiger partial charge in [-0.1, -0.05) is 12.1 Å². The van der Waals surface area contributed by atoms with Crippen LogP contribution in [0.2, 0.25) is 0 Å². The van der Waals surface area contributed by atoms with Gasteiger partial charge in [0.2, 0.25) is 5.91 Å². The Labute approximate surface area is 130 Å². The molecule has 0 saturated heterocycles. The first-order valence-corrected chi connectivity index (χ1v) is 6.69. The van der Waals surface area contributed by atoms with Crippen LogP contribution in [0, 0.1) is 11.3 Å². The van der Waals surface area contributed by atoms with E-state index < -0.39 is 17.8 Å². The molecule has 1 N–H and O–H groups in total. The van der Waals surface area contributed by atoms with Crippen LogP contribution in [0.25, 0.3) is 0 Å². The van der Waals surface area contributed by atoms with Crippen LogP contribution < -0.4 is 5.32 Å². The number of aromatic nitrogens is 2. The quantitative estimate of drug-likeness (QED) is 0.941. The number of hydrogen-bond donors (Lipinski definition) is 1. The molecule has 1 aromatic heterocycles. The van der Waals surface area contributed by atoms with Crippen LogP contribution >= 0.6 is 0 Å². The zero-order valence-corrected chi connectivity index (χ0v) is 12.1. The van der Waals surface area contributed by atoms with Gasteiger partial charge >= 0.3 is 6.18 Å². The summed E-state index contributed by atoms with van der Waals surface area (Å²) in [7, 11) is 0. The van der Waals surface area contributed by atoms with E-state index >= 15 is 0 Å². The Kier molecular flexibility index (Phi) is 4.69. The molecule has 1 heterocycles. The Morgan fingerprint density at radius 3 is 2.52 bits per heavy atom. The van der Waals surface area contributed by atoms with Crippen molar-refractivity contribution < 1.29 is 18.0 Å². The fraction of sp³-hybridized carbons (Fsp3) is 0.267. The number of nitriles is 1. The van der Waals surface area contributed by atoms with Crippen molar-refractivity contribution in [1.82, 2.24) is 15.1 Å². The number of rotatable bonds is 4.